The van der Waals surface area contributed by atoms with Gasteiger partial charge >= 0.3 is 0 Å². The van der Waals surface area contributed by atoms with Crippen LogP contribution in [-0.2, 0) is 4.79 Å². The molecule has 1 heterocycles. The Bertz CT molecular complexity index is 1070. The molecular weight excluding hydrogens is 440 g/mol. The maximum absolute atomic E-state index is 11.4. The Morgan fingerprint density at radius 3 is 2.27 bits per heavy atom. The lowest BCUT2D eigenvalue weighted by atomic mass is 9.90. The molecule has 1 unspecified atom stereocenters. The van der Waals surface area contributed by atoms with Gasteiger partial charge in [0.15, 0.2) is 5.89 Å². The van der Waals surface area contributed by atoms with Gasteiger partial charge in [-0.3, -0.25) is 4.79 Å². The minimum Gasteiger partial charge on any atom is -0.448 e. The second-order valence-corrected chi connectivity index (χ2v) is 9.69. The van der Waals surface area contributed by atoms with Crippen LogP contribution in [0.15, 0.2) is 69.0 Å². The van der Waals surface area contributed by atoms with Gasteiger partial charge in [-0.05, 0) is 42.7 Å². The van der Waals surface area contributed by atoms with E-state index in [1.807, 2.05) is 48.5 Å². The average Bonchev–Trinajstić information content (AvgIpc) is 3.56. The zero-order valence-electron chi connectivity index (χ0n) is 18.4. The van der Waals surface area contributed by atoms with E-state index in [-0.39, 0.29) is 12.3 Å². The standard InChI is InChI=1S/C25H28N2O5S/c1-16(30)27-25(14-28,15-29)12-23(31)18-6-10-21(11-7-18)33-20-8-4-17(5-9-20)22-13-32-24(26-22)19-2-3-19/h4-11,13,19,23,28-29,31H,2-3,12,14-15H2,1H3,(H,27,30). The van der Waals surface area contributed by atoms with Crippen LogP contribution in [0.3, 0.4) is 0 Å². The molecule has 2 aromatic carbocycles. The largest absolute Gasteiger partial charge is 0.448 e. The monoisotopic (exact) mass is 468 g/mol. The fraction of sp³-hybridized carbons (Fsp3) is 0.360. The topological polar surface area (TPSA) is 116 Å². The molecule has 0 spiro atoms. The minimum atomic E-state index is -1.27. The molecule has 1 aromatic heterocycles. The Morgan fingerprint density at radius 2 is 1.73 bits per heavy atom. The number of aliphatic hydroxyl groups excluding tert-OH is 3. The lowest BCUT2D eigenvalue weighted by Gasteiger charge is -2.32. The molecule has 1 fully saturated rings. The summed E-state index contributed by atoms with van der Waals surface area (Å²) in [5, 5.41) is 32.4. The second kappa shape index (κ2) is 10.1. The van der Waals surface area contributed by atoms with Gasteiger partial charge in [0.25, 0.3) is 0 Å². The van der Waals surface area contributed by atoms with Crippen molar-refractivity contribution in [2.45, 2.75) is 53.5 Å². The molecule has 1 aliphatic rings. The molecule has 174 valence electrons. The van der Waals surface area contributed by atoms with E-state index < -0.39 is 24.9 Å². The zero-order chi connectivity index (χ0) is 23.4. The summed E-state index contributed by atoms with van der Waals surface area (Å²) in [5.41, 5.74) is 1.24. The Hall–Kier alpha value is -2.65. The van der Waals surface area contributed by atoms with Crippen LogP contribution < -0.4 is 5.32 Å². The highest BCUT2D eigenvalue weighted by Gasteiger charge is 2.33. The molecule has 1 atom stereocenters. The molecule has 3 aromatic rings. The predicted octanol–water partition coefficient (Wildman–Crippen LogP) is 3.65. The number of carbonyl (C=O) groups is 1. The van der Waals surface area contributed by atoms with Crippen molar-refractivity contribution < 1.29 is 24.5 Å². The molecule has 0 aliphatic heterocycles. The van der Waals surface area contributed by atoms with Crippen LogP contribution in [0, 0.1) is 0 Å². The third kappa shape index (κ3) is 5.83. The van der Waals surface area contributed by atoms with Crippen LogP contribution in [0.4, 0.5) is 0 Å². The van der Waals surface area contributed by atoms with E-state index in [4.69, 9.17) is 4.42 Å². The number of hydrogen-bond acceptors (Lipinski definition) is 7. The van der Waals surface area contributed by atoms with Gasteiger partial charge in [0.1, 0.15) is 12.0 Å². The summed E-state index contributed by atoms with van der Waals surface area (Å²) in [5.74, 6) is 0.942. The number of aliphatic hydroxyl groups is 3. The Morgan fingerprint density at radius 1 is 1.12 bits per heavy atom. The molecular formula is C25H28N2O5S. The van der Waals surface area contributed by atoms with Crippen molar-refractivity contribution in [2.75, 3.05) is 13.2 Å². The summed E-state index contributed by atoms with van der Waals surface area (Å²) in [6, 6.07) is 15.6. The zero-order valence-corrected chi connectivity index (χ0v) is 19.2. The van der Waals surface area contributed by atoms with Gasteiger partial charge in [0.2, 0.25) is 5.91 Å². The summed E-state index contributed by atoms with van der Waals surface area (Å²) in [6.45, 7) is 0.364. The number of aromatic nitrogens is 1. The fourth-order valence-electron chi connectivity index (χ4n) is 3.70. The number of oxazole rings is 1. The first-order valence-electron chi connectivity index (χ1n) is 10.9. The predicted molar refractivity (Wildman–Crippen MR) is 125 cm³/mol. The van der Waals surface area contributed by atoms with Crippen molar-refractivity contribution in [3.05, 3.63) is 66.2 Å². The third-order valence-electron chi connectivity index (χ3n) is 5.73. The molecule has 4 N–H and O–H groups in total. The molecule has 0 bridgehead atoms. The molecule has 0 saturated heterocycles. The van der Waals surface area contributed by atoms with E-state index in [0.29, 0.717) is 11.5 Å². The minimum absolute atomic E-state index is 0.00194. The van der Waals surface area contributed by atoms with Gasteiger partial charge in [0.05, 0.1) is 24.9 Å². The van der Waals surface area contributed by atoms with E-state index in [0.717, 1.165) is 39.8 Å². The molecule has 8 heteroatoms. The van der Waals surface area contributed by atoms with Crippen LogP contribution in [0.1, 0.15) is 49.7 Å². The van der Waals surface area contributed by atoms with Crippen molar-refractivity contribution >= 4 is 17.7 Å². The van der Waals surface area contributed by atoms with E-state index in [2.05, 4.69) is 10.3 Å². The number of hydrogen-bond donors (Lipinski definition) is 4. The Kier molecular flexibility index (Phi) is 7.19. The van der Waals surface area contributed by atoms with Gasteiger partial charge in [0, 0.05) is 34.6 Å². The summed E-state index contributed by atoms with van der Waals surface area (Å²) in [4.78, 5) is 18.1. The average molecular weight is 469 g/mol. The van der Waals surface area contributed by atoms with E-state index in [1.165, 1.54) is 6.92 Å². The summed E-state index contributed by atoms with van der Waals surface area (Å²) in [6.07, 6.45) is 3.08. The Labute approximate surface area is 196 Å². The molecule has 4 rings (SSSR count). The smallest absolute Gasteiger partial charge is 0.217 e. The van der Waals surface area contributed by atoms with Gasteiger partial charge in [-0.2, -0.15) is 0 Å². The first-order chi connectivity index (χ1) is 15.9. The van der Waals surface area contributed by atoms with Gasteiger partial charge < -0.3 is 25.1 Å². The van der Waals surface area contributed by atoms with Crippen LogP contribution >= 0.6 is 11.8 Å². The molecule has 7 nitrogen and oxygen atoms in total. The highest BCUT2D eigenvalue weighted by Crippen LogP contribution is 2.40. The van der Waals surface area contributed by atoms with Crippen LogP contribution in [0.25, 0.3) is 11.3 Å². The summed E-state index contributed by atoms with van der Waals surface area (Å²) >= 11 is 1.60. The van der Waals surface area contributed by atoms with Crippen molar-refractivity contribution in [3.8, 4) is 11.3 Å². The van der Waals surface area contributed by atoms with Gasteiger partial charge in [-0.15, -0.1) is 0 Å². The van der Waals surface area contributed by atoms with Gasteiger partial charge in [-0.25, -0.2) is 4.98 Å². The van der Waals surface area contributed by atoms with Crippen LogP contribution in [0.5, 0.6) is 0 Å². The maximum atomic E-state index is 11.4. The highest BCUT2D eigenvalue weighted by atomic mass is 32.2. The van der Waals surface area contributed by atoms with E-state index in [9.17, 15) is 20.1 Å². The first-order valence-corrected chi connectivity index (χ1v) is 11.8. The number of amides is 1. The van der Waals surface area contributed by atoms with E-state index >= 15 is 0 Å². The maximum Gasteiger partial charge on any atom is 0.217 e. The third-order valence-corrected chi connectivity index (χ3v) is 6.75. The fourth-order valence-corrected chi connectivity index (χ4v) is 4.51. The van der Waals surface area contributed by atoms with E-state index in [1.54, 1.807) is 18.0 Å². The quantitative estimate of drug-likeness (QED) is 0.359. The van der Waals surface area contributed by atoms with Crippen molar-refractivity contribution in [2.24, 2.45) is 0 Å². The molecule has 1 saturated carbocycles. The van der Waals surface area contributed by atoms with Gasteiger partial charge in [-0.1, -0.05) is 36.0 Å². The number of carbonyl (C=O) groups excluding carboxylic acids is 1. The highest BCUT2D eigenvalue weighted by molar-refractivity contribution is 7.99. The van der Waals surface area contributed by atoms with Crippen LogP contribution in [0.2, 0.25) is 0 Å². The van der Waals surface area contributed by atoms with Crippen LogP contribution in [-0.4, -0.2) is 45.0 Å². The SMILES string of the molecule is CC(=O)NC(CO)(CO)CC(O)c1ccc(Sc2ccc(-c3coc(C4CC4)n3)cc2)cc1. The lowest BCUT2D eigenvalue weighted by molar-refractivity contribution is -0.122. The molecule has 1 aliphatic carbocycles. The molecule has 1 amide bonds. The summed E-state index contributed by atoms with van der Waals surface area (Å²) < 4.78 is 5.58. The molecule has 0 radical (unpaired) electrons. The molecule has 33 heavy (non-hydrogen) atoms. The number of benzene rings is 2. The number of nitrogens with zero attached hydrogens (tertiary/aromatic N) is 1. The number of rotatable bonds is 10. The normalized spacial score (nSPS) is 14.8. The second-order valence-electron chi connectivity index (χ2n) is 8.54. The van der Waals surface area contributed by atoms with Crippen molar-refractivity contribution in [1.29, 1.82) is 0 Å². The summed E-state index contributed by atoms with van der Waals surface area (Å²) in [7, 11) is 0. The van der Waals surface area contributed by atoms with Crippen molar-refractivity contribution in [1.82, 2.24) is 10.3 Å². The van der Waals surface area contributed by atoms with Crippen molar-refractivity contribution in [3.63, 3.8) is 0 Å². The number of nitrogens with one attached hydrogen (secondary N) is 1. The lowest BCUT2D eigenvalue weighted by Crippen LogP contribution is -2.54. The Balaban J connectivity index is 1.38. The first kappa shape index (κ1) is 23.5.